The topological polar surface area (TPSA) is 110 Å². The molecule has 0 radical (unpaired) electrons. The van der Waals surface area contributed by atoms with Crippen molar-refractivity contribution in [3.63, 3.8) is 0 Å². The summed E-state index contributed by atoms with van der Waals surface area (Å²) in [6, 6.07) is 8.62. The number of aromatic nitrogens is 2. The molecule has 0 atom stereocenters. The number of sulfonamides is 1. The van der Waals surface area contributed by atoms with Gasteiger partial charge < -0.3 is 11.1 Å². The quantitative estimate of drug-likeness (QED) is 0.658. The molecule has 28 heavy (non-hydrogen) atoms. The normalized spacial score (nSPS) is 12.1. The smallest absolute Gasteiger partial charge is 0.252 e. The summed E-state index contributed by atoms with van der Waals surface area (Å²) in [5.74, 6) is -0.556. The molecule has 1 amide bonds. The van der Waals surface area contributed by atoms with Crippen molar-refractivity contribution in [1.82, 2.24) is 13.9 Å². The van der Waals surface area contributed by atoms with E-state index in [9.17, 15) is 13.2 Å². The molecule has 3 aromatic rings. The van der Waals surface area contributed by atoms with E-state index in [1.165, 1.54) is 24.6 Å². The van der Waals surface area contributed by atoms with Gasteiger partial charge in [-0.05, 0) is 37.6 Å². The number of hydrogen-bond acceptors (Lipinski definition) is 5. The minimum atomic E-state index is -3.48. The second kappa shape index (κ2) is 7.25. The predicted molar refractivity (Wildman–Crippen MR) is 109 cm³/mol. The average molecular weight is 401 g/mol. The van der Waals surface area contributed by atoms with E-state index in [0.717, 1.165) is 11.1 Å². The zero-order valence-electron chi connectivity index (χ0n) is 16.2. The maximum atomic E-state index is 12.2. The molecule has 0 spiro atoms. The summed E-state index contributed by atoms with van der Waals surface area (Å²) < 4.78 is 27.3. The number of anilines is 1. The first-order chi connectivity index (χ1) is 13.1. The van der Waals surface area contributed by atoms with Crippen molar-refractivity contribution in [1.29, 1.82) is 0 Å². The highest BCUT2D eigenvalue weighted by molar-refractivity contribution is 7.89. The van der Waals surface area contributed by atoms with Crippen molar-refractivity contribution in [2.45, 2.75) is 24.8 Å². The number of primary amides is 1. The van der Waals surface area contributed by atoms with Crippen LogP contribution < -0.4 is 11.1 Å². The van der Waals surface area contributed by atoms with Gasteiger partial charge in [0.15, 0.2) is 0 Å². The molecule has 0 aliphatic heterocycles. The standard InChI is InChI=1S/C19H23N5O3S/c1-12(2)22-18-16(19(20)25)10-21-24-11-14(9-17(18)24)13-5-7-15(8-6-13)28(26,27)23(3)4/h5-12,22H,1-4H3,(H2,20,25). The Morgan fingerprint density at radius 2 is 1.82 bits per heavy atom. The summed E-state index contributed by atoms with van der Waals surface area (Å²) in [7, 11) is -0.491. The van der Waals surface area contributed by atoms with Gasteiger partial charge in [0.05, 0.1) is 27.9 Å². The number of fused-ring (bicyclic) bond motifs is 1. The van der Waals surface area contributed by atoms with Crippen LogP contribution in [-0.2, 0) is 10.0 Å². The molecule has 3 N–H and O–H groups in total. The molecule has 1 aromatic carbocycles. The molecular formula is C19H23N5O3S. The average Bonchev–Trinajstić information content (AvgIpc) is 3.06. The van der Waals surface area contributed by atoms with E-state index < -0.39 is 15.9 Å². The van der Waals surface area contributed by atoms with Gasteiger partial charge in [-0.3, -0.25) is 4.79 Å². The monoisotopic (exact) mass is 401 g/mol. The molecule has 0 saturated heterocycles. The maximum Gasteiger partial charge on any atom is 0.252 e. The van der Waals surface area contributed by atoms with Crippen LogP contribution in [0.4, 0.5) is 5.69 Å². The van der Waals surface area contributed by atoms with Crippen LogP contribution in [0.3, 0.4) is 0 Å². The first-order valence-corrected chi connectivity index (χ1v) is 10.2. The van der Waals surface area contributed by atoms with Crippen molar-refractivity contribution in [2.75, 3.05) is 19.4 Å². The number of hydrogen-bond donors (Lipinski definition) is 2. The first kappa shape index (κ1) is 19.8. The fourth-order valence-electron chi connectivity index (χ4n) is 2.87. The summed E-state index contributed by atoms with van der Waals surface area (Å²) in [4.78, 5) is 12.0. The fourth-order valence-corrected chi connectivity index (χ4v) is 3.77. The Labute approximate surface area is 164 Å². The van der Waals surface area contributed by atoms with Gasteiger partial charge in [0.25, 0.3) is 5.91 Å². The van der Waals surface area contributed by atoms with E-state index in [2.05, 4.69) is 10.4 Å². The van der Waals surface area contributed by atoms with Crippen molar-refractivity contribution in [3.8, 4) is 11.1 Å². The third kappa shape index (κ3) is 3.58. The first-order valence-electron chi connectivity index (χ1n) is 8.72. The van der Waals surface area contributed by atoms with Gasteiger partial charge in [0, 0.05) is 31.9 Å². The Kier molecular flexibility index (Phi) is 5.14. The molecule has 2 heterocycles. The molecule has 0 saturated carbocycles. The Bertz CT molecular complexity index is 1130. The van der Waals surface area contributed by atoms with Crippen molar-refractivity contribution in [3.05, 3.63) is 48.3 Å². The zero-order chi connectivity index (χ0) is 20.6. The third-order valence-corrected chi connectivity index (χ3v) is 6.13. The molecule has 0 fully saturated rings. The minimum absolute atomic E-state index is 0.0955. The molecule has 3 rings (SSSR count). The van der Waals surface area contributed by atoms with Gasteiger partial charge >= 0.3 is 0 Å². The van der Waals surface area contributed by atoms with Crippen LogP contribution in [-0.4, -0.2) is 48.4 Å². The Hall–Kier alpha value is -2.91. The minimum Gasteiger partial charge on any atom is -0.380 e. The molecule has 2 aromatic heterocycles. The van der Waals surface area contributed by atoms with E-state index in [4.69, 9.17) is 5.73 Å². The molecule has 0 unspecified atom stereocenters. The molecular weight excluding hydrogens is 378 g/mol. The van der Waals surface area contributed by atoms with E-state index >= 15 is 0 Å². The zero-order valence-corrected chi connectivity index (χ0v) is 17.0. The number of nitrogens with two attached hydrogens (primary N) is 1. The molecule has 8 nitrogen and oxygen atoms in total. The van der Waals surface area contributed by atoms with Crippen molar-refractivity contribution in [2.24, 2.45) is 5.73 Å². The SMILES string of the molecule is CC(C)Nc1c(C(N)=O)cnn2cc(-c3ccc(S(=O)(=O)N(C)C)cc3)cc12. The Morgan fingerprint density at radius 3 is 2.36 bits per heavy atom. The van der Waals surface area contributed by atoms with Crippen LogP contribution in [0.25, 0.3) is 16.6 Å². The predicted octanol–water partition coefficient (Wildman–Crippen LogP) is 2.17. The summed E-state index contributed by atoms with van der Waals surface area (Å²) in [5.41, 5.74) is 8.82. The summed E-state index contributed by atoms with van der Waals surface area (Å²) in [5, 5.41) is 7.53. The number of carbonyl (C=O) groups is 1. The summed E-state index contributed by atoms with van der Waals surface area (Å²) >= 11 is 0. The highest BCUT2D eigenvalue weighted by Crippen LogP contribution is 2.29. The van der Waals surface area contributed by atoms with Crippen molar-refractivity contribution >= 4 is 27.1 Å². The second-order valence-corrected chi connectivity index (χ2v) is 9.12. The van der Waals surface area contributed by atoms with Gasteiger partial charge in [0.2, 0.25) is 10.0 Å². The van der Waals surface area contributed by atoms with Gasteiger partial charge in [-0.15, -0.1) is 0 Å². The number of carbonyl (C=O) groups excluding carboxylic acids is 1. The number of nitrogens with one attached hydrogen (secondary N) is 1. The molecule has 0 aliphatic carbocycles. The summed E-state index contributed by atoms with van der Waals surface area (Å²) in [6.45, 7) is 3.94. The largest absolute Gasteiger partial charge is 0.380 e. The maximum absolute atomic E-state index is 12.2. The van der Waals surface area contributed by atoms with Crippen LogP contribution in [0.1, 0.15) is 24.2 Å². The molecule has 0 aliphatic rings. The molecule has 9 heteroatoms. The van der Waals surface area contributed by atoms with Crippen LogP contribution in [0, 0.1) is 0 Å². The van der Waals surface area contributed by atoms with E-state index in [1.54, 1.807) is 28.8 Å². The number of amides is 1. The van der Waals surface area contributed by atoms with Crippen LogP contribution in [0.5, 0.6) is 0 Å². The fraction of sp³-hybridized carbons (Fsp3) is 0.263. The number of rotatable bonds is 6. The molecule has 148 valence electrons. The second-order valence-electron chi connectivity index (χ2n) is 6.97. The lowest BCUT2D eigenvalue weighted by Crippen LogP contribution is -2.22. The number of nitrogens with zero attached hydrogens (tertiary/aromatic N) is 3. The van der Waals surface area contributed by atoms with E-state index in [1.807, 2.05) is 26.1 Å². The lowest BCUT2D eigenvalue weighted by atomic mass is 10.1. The van der Waals surface area contributed by atoms with E-state index in [0.29, 0.717) is 16.8 Å². The lowest BCUT2D eigenvalue weighted by Gasteiger charge is -2.14. The lowest BCUT2D eigenvalue weighted by molar-refractivity contribution is 0.100. The van der Waals surface area contributed by atoms with Gasteiger partial charge in [-0.25, -0.2) is 17.2 Å². The Morgan fingerprint density at radius 1 is 1.18 bits per heavy atom. The van der Waals surface area contributed by atoms with Crippen LogP contribution >= 0.6 is 0 Å². The van der Waals surface area contributed by atoms with Gasteiger partial charge in [-0.1, -0.05) is 12.1 Å². The summed E-state index contributed by atoms with van der Waals surface area (Å²) in [6.07, 6.45) is 3.26. The van der Waals surface area contributed by atoms with Gasteiger partial charge in [-0.2, -0.15) is 5.10 Å². The Balaban J connectivity index is 2.09. The molecule has 0 bridgehead atoms. The highest BCUT2D eigenvalue weighted by Gasteiger charge is 2.18. The highest BCUT2D eigenvalue weighted by atomic mass is 32.2. The van der Waals surface area contributed by atoms with Crippen molar-refractivity contribution < 1.29 is 13.2 Å². The number of benzene rings is 1. The van der Waals surface area contributed by atoms with Crippen LogP contribution in [0.15, 0.2) is 47.6 Å². The van der Waals surface area contributed by atoms with E-state index in [-0.39, 0.29) is 10.9 Å². The third-order valence-electron chi connectivity index (χ3n) is 4.30. The van der Waals surface area contributed by atoms with Gasteiger partial charge in [0.1, 0.15) is 0 Å². The van der Waals surface area contributed by atoms with Crippen LogP contribution in [0.2, 0.25) is 0 Å².